The Morgan fingerprint density at radius 3 is 1.33 bits per heavy atom. The second-order valence-corrected chi connectivity index (χ2v) is 11.6. The van der Waals surface area contributed by atoms with Crippen LogP contribution < -0.4 is 4.57 Å². The first-order valence-electron chi connectivity index (χ1n) is 16.9. The van der Waals surface area contributed by atoms with Crippen molar-refractivity contribution in [1.29, 1.82) is 0 Å². The number of unbranched alkanes of at least 4 members (excludes halogenated alkanes) is 22. The highest BCUT2D eigenvalue weighted by Crippen LogP contribution is 2.14. The molecular weight excluding hydrogens is 436 g/mol. The lowest BCUT2D eigenvalue weighted by Gasteiger charge is -2.07. The topological polar surface area (TPSA) is 8.81 Å². The summed E-state index contributed by atoms with van der Waals surface area (Å²) in [6.45, 7) is 9.39. The van der Waals surface area contributed by atoms with E-state index in [1.807, 2.05) is 0 Å². The SMILES string of the molecule is CCCCCCCCCCCCn1cc[n+](CCCCCCCCCCC)c1CCCCCCCC. The van der Waals surface area contributed by atoms with Crippen LogP contribution in [0.15, 0.2) is 12.4 Å². The molecule has 2 nitrogen and oxygen atoms in total. The highest BCUT2D eigenvalue weighted by Gasteiger charge is 2.16. The quantitative estimate of drug-likeness (QED) is 0.0794. The summed E-state index contributed by atoms with van der Waals surface area (Å²) in [5.74, 6) is 1.61. The fraction of sp³-hybridized carbons (Fsp3) is 0.912. The van der Waals surface area contributed by atoms with Gasteiger partial charge in [-0.25, -0.2) is 9.13 Å². The third-order valence-corrected chi connectivity index (χ3v) is 8.10. The van der Waals surface area contributed by atoms with Crippen molar-refractivity contribution >= 4 is 0 Å². The Kier molecular flexibility index (Phi) is 23.9. The highest BCUT2D eigenvalue weighted by molar-refractivity contribution is 4.84. The summed E-state index contributed by atoms with van der Waals surface area (Å²) in [5.41, 5.74) is 0. The third-order valence-electron chi connectivity index (χ3n) is 8.10. The van der Waals surface area contributed by atoms with Crippen LogP contribution >= 0.6 is 0 Å². The normalized spacial score (nSPS) is 11.5. The number of hydrogen-bond acceptors (Lipinski definition) is 0. The highest BCUT2D eigenvalue weighted by atomic mass is 15.1. The van der Waals surface area contributed by atoms with Crippen LogP contribution in [-0.4, -0.2) is 4.57 Å². The van der Waals surface area contributed by atoms with E-state index in [-0.39, 0.29) is 0 Å². The Morgan fingerprint density at radius 1 is 0.472 bits per heavy atom. The number of aromatic nitrogens is 2. The molecule has 1 rings (SSSR count). The monoisotopic (exact) mass is 504 g/mol. The molecule has 0 fully saturated rings. The number of nitrogens with zero attached hydrogens (tertiary/aromatic N) is 2. The molecule has 1 aromatic heterocycles. The van der Waals surface area contributed by atoms with Crippen molar-refractivity contribution in [3.05, 3.63) is 18.2 Å². The fourth-order valence-electron chi connectivity index (χ4n) is 5.62. The van der Waals surface area contributed by atoms with Gasteiger partial charge < -0.3 is 0 Å². The van der Waals surface area contributed by atoms with Crippen LogP contribution in [0.2, 0.25) is 0 Å². The van der Waals surface area contributed by atoms with Crippen LogP contribution in [0.4, 0.5) is 0 Å². The van der Waals surface area contributed by atoms with E-state index < -0.39 is 0 Å². The van der Waals surface area contributed by atoms with Gasteiger partial charge in [-0.15, -0.1) is 0 Å². The molecule has 0 N–H and O–H groups in total. The molecule has 0 aliphatic carbocycles. The van der Waals surface area contributed by atoms with E-state index in [0.717, 1.165) is 0 Å². The van der Waals surface area contributed by atoms with Gasteiger partial charge in [-0.3, -0.25) is 0 Å². The van der Waals surface area contributed by atoms with Gasteiger partial charge in [0, 0.05) is 6.42 Å². The van der Waals surface area contributed by atoms with Crippen LogP contribution in [0, 0.1) is 0 Å². The van der Waals surface area contributed by atoms with Crippen molar-refractivity contribution in [2.75, 3.05) is 0 Å². The maximum absolute atomic E-state index is 2.62. The molecule has 1 aromatic rings. The van der Waals surface area contributed by atoms with E-state index in [1.165, 1.54) is 180 Å². The molecule has 0 spiro atoms. The second kappa shape index (κ2) is 25.8. The average Bonchev–Trinajstić information content (AvgIpc) is 3.27. The minimum Gasteiger partial charge on any atom is -0.234 e. The van der Waals surface area contributed by atoms with E-state index >= 15 is 0 Å². The minimum absolute atomic E-state index is 1.23. The molecule has 2 heteroatoms. The Hall–Kier alpha value is -0.790. The van der Waals surface area contributed by atoms with Gasteiger partial charge in [0.25, 0.3) is 5.82 Å². The molecule has 1 heterocycles. The second-order valence-electron chi connectivity index (χ2n) is 11.6. The van der Waals surface area contributed by atoms with Gasteiger partial charge in [0.05, 0.1) is 13.1 Å². The lowest BCUT2D eigenvalue weighted by molar-refractivity contribution is -0.704. The fourth-order valence-corrected chi connectivity index (χ4v) is 5.62. The van der Waals surface area contributed by atoms with Gasteiger partial charge in [-0.2, -0.15) is 0 Å². The van der Waals surface area contributed by atoms with Gasteiger partial charge in [0.2, 0.25) is 0 Å². The number of rotatable bonds is 28. The zero-order chi connectivity index (χ0) is 25.9. The Balaban J connectivity index is 2.32. The lowest BCUT2D eigenvalue weighted by Crippen LogP contribution is -2.37. The van der Waals surface area contributed by atoms with E-state index in [4.69, 9.17) is 0 Å². The summed E-state index contributed by atoms with van der Waals surface area (Å²) in [4.78, 5) is 0. The summed E-state index contributed by atoms with van der Waals surface area (Å²) in [6, 6.07) is 0. The van der Waals surface area contributed by atoms with Crippen LogP contribution in [-0.2, 0) is 19.5 Å². The molecule has 0 amide bonds. The molecule has 36 heavy (non-hydrogen) atoms. The molecule has 0 bridgehead atoms. The summed E-state index contributed by atoms with van der Waals surface area (Å²) in [7, 11) is 0. The van der Waals surface area contributed by atoms with E-state index in [2.05, 4.69) is 42.3 Å². The zero-order valence-electron chi connectivity index (χ0n) is 25.3. The molecular formula is C34H67N2+. The van der Waals surface area contributed by atoms with Crippen molar-refractivity contribution in [2.45, 2.75) is 201 Å². The molecule has 0 aliphatic heterocycles. The Bertz CT molecular complexity index is 562. The van der Waals surface area contributed by atoms with Crippen LogP contribution in [0.25, 0.3) is 0 Å². The first-order valence-corrected chi connectivity index (χ1v) is 16.9. The smallest absolute Gasteiger partial charge is 0.234 e. The first kappa shape index (κ1) is 33.2. The predicted octanol–water partition coefficient (Wildman–Crippen LogP) is 11.1. The molecule has 0 radical (unpaired) electrons. The molecule has 0 unspecified atom stereocenters. The minimum atomic E-state index is 1.23. The van der Waals surface area contributed by atoms with Gasteiger partial charge in [-0.05, 0) is 32.1 Å². The van der Waals surface area contributed by atoms with E-state index in [1.54, 1.807) is 5.82 Å². The molecule has 0 atom stereocenters. The number of imidazole rings is 1. The first-order chi connectivity index (χ1) is 17.8. The van der Waals surface area contributed by atoms with Crippen molar-refractivity contribution < 1.29 is 4.57 Å². The van der Waals surface area contributed by atoms with E-state index in [9.17, 15) is 0 Å². The molecule has 0 aliphatic rings. The molecule has 0 saturated heterocycles. The standard InChI is InChI=1S/C34H67N2/c1-4-7-10-13-16-18-20-22-25-28-31-36-33-32-35(34(36)29-26-23-15-12-9-6-3)30-27-24-21-19-17-14-11-8-5-2/h32-33H,4-31H2,1-3H3/q+1. The summed E-state index contributed by atoms with van der Waals surface area (Å²) in [6.07, 6.45) is 41.4. The maximum atomic E-state index is 2.62. The number of aryl methyl sites for hydroxylation is 2. The largest absolute Gasteiger partial charge is 0.256 e. The lowest BCUT2D eigenvalue weighted by atomic mass is 10.1. The molecule has 212 valence electrons. The van der Waals surface area contributed by atoms with Crippen molar-refractivity contribution in [3.8, 4) is 0 Å². The number of hydrogen-bond donors (Lipinski definition) is 0. The van der Waals surface area contributed by atoms with Crippen LogP contribution in [0.5, 0.6) is 0 Å². The maximum Gasteiger partial charge on any atom is 0.256 e. The van der Waals surface area contributed by atoms with Gasteiger partial charge >= 0.3 is 0 Å². The summed E-state index contributed by atoms with van der Waals surface area (Å²) in [5, 5.41) is 0. The predicted molar refractivity (Wildman–Crippen MR) is 161 cm³/mol. The summed E-state index contributed by atoms with van der Waals surface area (Å²) < 4.78 is 5.23. The van der Waals surface area contributed by atoms with E-state index in [0.29, 0.717) is 0 Å². The van der Waals surface area contributed by atoms with Crippen LogP contribution in [0.1, 0.15) is 187 Å². The molecule has 0 aromatic carbocycles. The van der Waals surface area contributed by atoms with Gasteiger partial charge in [0.15, 0.2) is 0 Å². The van der Waals surface area contributed by atoms with Crippen molar-refractivity contribution in [1.82, 2.24) is 4.57 Å². The van der Waals surface area contributed by atoms with Gasteiger partial charge in [0.1, 0.15) is 12.4 Å². The third kappa shape index (κ3) is 18.5. The Labute approximate surface area is 228 Å². The van der Waals surface area contributed by atoms with Crippen LogP contribution in [0.3, 0.4) is 0 Å². The van der Waals surface area contributed by atoms with Crippen molar-refractivity contribution in [2.24, 2.45) is 0 Å². The average molecular weight is 504 g/mol. The van der Waals surface area contributed by atoms with Gasteiger partial charge in [-0.1, -0.05) is 149 Å². The van der Waals surface area contributed by atoms with Crippen molar-refractivity contribution in [3.63, 3.8) is 0 Å². The summed E-state index contributed by atoms with van der Waals surface area (Å²) >= 11 is 0. The Morgan fingerprint density at radius 2 is 0.861 bits per heavy atom. The zero-order valence-corrected chi connectivity index (χ0v) is 25.3. The molecule has 0 saturated carbocycles.